The van der Waals surface area contributed by atoms with Gasteiger partial charge in [-0.3, -0.25) is 24.7 Å². The van der Waals surface area contributed by atoms with E-state index < -0.39 is 29.8 Å². The van der Waals surface area contributed by atoms with Crippen molar-refractivity contribution in [1.29, 1.82) is 0 Å². The van der Waals surface area contributed by atoms with Gasteiger partial charge in [-0.25, -0.2) is 13.9 Å². The summed E-state index contributed by atoms with van der Waals surface area (Å²) >= 11 is 5.93. The van der Waals surface area contributed by atoms with E-state index >= 15 is 0 Å². The molecule has 0 saturated heterocycles. The lowest BCUT2D eigenvalue weighted by atomic mass is 9.97. The van der Waals surface area contributed by atoms with Crippen molar-refractivity contribution < 1.29 is 28.3 Å². The molecule has 232 valence electrons. The highest BCUT2D eigenvalue weighted by Crippen LogP contribution is 2.34. The van der Waals surface area contributed by atoms with E-state index in [9.17, 15) is 23.6 Å². The lowest BCUT2D eigenvalue weighted by molar-refractivity contribution is -0.125. The molecule has 2 aromatic carbocycles. The predicted molar refractivity (Wildman–Crippen MR) is 164 cm³/mol. The van der Waals surface area contributed by atoms with Crippen LogP contribution in [0.15, 0.2) is 54.7 Å². The Morgan fingerprint density at radius 3 is 2.73 bits per heavy atom. The Morgan fingerprint density at radius 2 is 1.96 bits per heavy atom. The Labute approximate surface area is 262 Å². The van der Waals surface area contributed by atoms with Crippen LogP contribution in [-0.4, -0.2) is 50.8 Å². The van der Waals surface area contributed by atoms with E-state index in [1.807, 2.05) is 0 Å². The highest BCUT2D eigenvalue weighted by molar-refractivity contribution is 6.30. The van der Waals surface area contributed by atoms with Gasteiger partial charge in [0.25, 0.3) is 5.91 Å². The lowest BCUT2D eigenvalue weighted by Crippen LogP contribution is -2.30. The third-order valence-corrected chi connectivity index (χ3v) is 7.72. The van der Waals surface area contributed by atoms with Crippen LogP contribution in [0.5, 0.6) is 0 Å². The standard InChI is InChI=1S/C31H29ClFN7O5/c1-16-13-20(41)8-10-23(36-30(43)28-17(2)40(39-38-28)26-6-4-5-22(32)27(26)33)25-14-18(11-12-34-25)21-9-7-19(35-31(44)45-3)15-24(21)37-29(16)42/h4-7,9,11-12,14-16,23H,8,10,13H2,1-3H3,(H,35,44)(H,36,43)(H,37,42)/t16-,23+/m1/s1. The summed E-state index contributed by atoms with van der Waals surface area (Å²) in [5.74, 6) is -2.49. The van der Waals surface area contributed by atoms with Crippen LogP contribution in [0.2, 0.25) is 5.02 Å². The van der Waals surface area contributed by atoms with Crippen LogP contribution in [0, 0.1) is 18.7 Å². The van der Waals surface area contributed by atoms with Crippen molar-refractivity contribution in [2.24, 2.45) is 5.92 Å². The second-order valence-corrected chi connectivity index (χ2v) is 11.0. The van der Waals surface area contributed by atoms with E-state index in [0.717, 1.165) is 0 Å². The van der Waals surface area contributed by atoms with E-state index in [4.69, 9.17) is 11.6 Å². The van der Waals surface area contributed by atoms with Gasteiger partial charge in [-0.05, 0) is 55.3 Å². The quantitative estimate of drug-likeness (QED) is 0.269. The number of anilines is 2. The summed E-state index contributed by atoms with van der Waals surface area (Å²) in [4.78, 5) is 55.9. The number of pyridine rings is 1. The SMILES string of the molecule is COC(=O)Nc1ccc2c(c1)NC(=O)[C@H](C)CC(=O)CC[C@H](NC(=O)c1nnn(-c3cccc(Cl)c3F)c1C)c1cc-2ccn1. The lowest BCUT2D eigenvalue weighted by Gasteiger charge is -2.19. The normalized spacial score (nSPS) is 16.7. The van der Waals surface area contributed by atoms with E-state index in [1.165, 1.54) is 23.9 Å². The molecule has 14 heteroatoms. The van der Waals surface area contributed by atoms with Crippen molar-refractivity contribution in [3.63, 3.8) is 0 Å². The molecule has 2 atom stereocenters. The monoisotopic (exact) mass is 633 g/mol. The molecule has 2 aromatic heterocycles. The minimum Gasteiger partial charge on any atom is -0.453 e. The number of ether oxygens (including phenoxy) is 1. The van der Waals surface area contributed by atoms with E-state index in [0.29, 0.717) is 28.2 Å². The maximum atomic E-state index is 14.7. The molecule has 12 nitrogen and oxygen atoms in total. The molecule has 3 N–H and O–H groups in total. The first-order valence-corrected chi connectivity index (χ1v) is 14.4. The minimum atomic E-state index is -0.725. The number of ketones is 1. The van der Waals surface area contributed by atoms with Gasteiger partial charge in [0.2, 0.25) is 5.91 Å². The molecule has 0 radical (unpaired) electrons. The summed E-state index contributed by atoms with van der Waals surface area (Å²) < 4.78 is 20.6. The Balaban J connectivity index is 1.50. The van der Waals surface area contributed by atoms with Crippen LogP contribution in [0.25, 0.3) is 16.8 Å². The molecule has 45 heavy (non-hydrogen) atoms. The maximum Gasteiger partial charge on any atom is 0.411 e. The number of methoxy groups -OCH3 is 1. The van der Waals surface area contributed by atoms with Crippen molar-refractivity contribution in [1.82, 2.24) is 25.3 Å². The fourth-order valence-electron chi connectivity index (χ4n) is 4.99. The van der Waals surface area contributed by atoms with Crippen molar-refractivity contribution in [3.05, 3.63) is 82.6 Å². The van der Waals surface area contributed by atoms with Crippen LogP contribution in [0.3, 0.4) is 0 Å². The molecule has 1 aliphatic rings. The van der Waals surface area contributed by atoms with E-state index in [-0.39, 0.29) is 53.1 Å². The number of nitrogens with one attached hydrogen (secondary N) is 3. The molecule has 0 fully saturated rings. The molecule has 4 aromatic rings. The summed E-state index contributed by atoms with van der Waals surface area (Å²) in [6.45, 7) is 3.23. The average molecular weight is 634 g/mol. The van der Waals surface area contributed by atoms with Crippen molar-refractivity contribution in [2.75, 3.05) is 17.7 Å². The van der Waals surface area contributed by atoms with Crippen LogP contribution in [-0.2, 0) is 14.3 Å². The van der Waals surface area contributed by atoms with E-state index in [2.05, 4.69) is 36.0 Å². The topological polar surface area (TPSA) is 157 Å². The number of carbonyl (C=O) groups excluding carboxylic acids is 4. The van der Waals surface area contributed by atoms with Crippen LogP contribution in [0.4, 0.5) is 20.6 Å². The smallest absolute Gasteiger partial charge is 0.411 e. The van der Waals surface area contributed by atoms with Crippen LogP contribution >= 0.6 is 11.6 Å². The Hall–Kier alpha value is -5.17. The summed E-state index contributed by atoms with van der Waals surface area (Å²) in [5, 5.41) is 16.2. The molecule has 3 heterocycles. The van der Waals surface area contributed by atoms with E-state index in [1.54, 1.807) is 56.4 Å². The molecule has 0 spiro atoms. The summed E-state index contributed by atoms with van der Waals surface area (Å²) in [6, 6.07) is 12.2. The fraction of sp³-hybridized carbons (Fsp3) is 0.258. The zero-order chi connectivity index (χ0) is 32.2. The van der Waals surface area contributed by atoms with Gasteiger partial charge < -0.3 is 15.4 Å². The van der Waals surface area contributed by atoms with Gasteiger partial charge in [0.05, 0.1) is 35.2 Å². The molecule has 5 rings (SSSR count). The Morgan fingerprint density at radius 1 is 1.16 bits per heavy atom. The molecule has 2 bridgehead atoms. The third kappa shape index (κ3) is 6.83. The number of halogens is 2. The second-order valence-electron chi connectivity index (χ2n) is 10.6. The number of hydrogen-bond donors (Lipinski definition) is 3. The molecular formula is C31H29ClFN7O5. The fourth-order valence-corrected chi connectivity index (χ4v) is 5.16. The number of rotatable bonds is 4. The summed E-state index contributed by atoms with van der Waals surface area (Å²) in [6.07, 6.45) is 1.12. The number of amides is 3. The maximum absolute atomic E-state index is 14.7. The van der Waals surface area contributed by atoms with Gasteiger partial charge in [0.1, 0.15) is 11.5 Å². The van der Waals surface area contributed by atoms with Gasteiger partial charge >= 0.3 is 6.09 Å². The molecule has 0 aliphatic carbocycles. The van der Waals surface area contributed by atoms with Crippen molar-refractivity contribution in [2.45, 2.75) is 39.2 Å². The van der Waals surface area contributed by atoms with Gasteiger partial charge in [0.15, 0.2) is 11.5 Å². The number of aromatic nitrogens is 4. The Bertz CT molecular complexity index is 1810. The first kappa shape index (κ1) is 31.3. The number of benzene rings is 2. The van der Waals surface area contributed by atoms with Crippen LogP contribution < -0.4 is 16.0 Å². The van der Waals surface area contributed by atoms with Crippen molar-refractivity contribution >= 4 is 46.7 Å². The number of Topliss-reactive ketones (excluding diaryl/α,β-unsaturated/α-hetero) is 1. The third-order valence-electron chi connectivity index (χ3n) is 7.43. The predicted octanol–water partition coefficient (Wildman–Crippen LogP) is 5.41. The number of fused-ring (bicyclic) bond motifs is 4. The highest BCUT2D eigenvalue weighted by atomic mass is 35.5. The number of carbonyl (C=O) groups is 4. The number of nitrogens with zero attached hydrogens (tertiary/aromatic N) is 4. The van der Waals surface area contributed by atoms with Gasteiger partial charge in [-0.2, -0.15) is 0 Å². The number of hydrogen-bond acceptors (Lipinski definition) is 8. The first-order chi connectivity index (χ1) is 21.5. The molecule has 3 amide bonds. The molecule has 0 unspecified atom stereocenters. The molecule has 0 saturated carbocycles. The first-order valence-electron chi connectivity index (χ1n) is 14.0. The van der Waals surface area contributed by atoms with Gasteiger partial charge in [0, 0.05) is 36.2 Å². The average Bonchev–Trinajstić information content (AvgIpc) is 3.41. The van der Waals surface area contributed by atoms with Crippen molar-refractivity contribution in [3.8, 4) is 16.8 Å². The highest BCUT2D eigenvalue weighted by Gasteiger charge is 2.26. The zero-order valence-corrected chi connectivity index (χ0v) is 25.3. The molecular weight excluding hydrogens is 605 g/mol. The second kappa shape index (κ2) is 13.2. The van der Waals surface area contributed by atoms with Crippen LogP contribution in [0.1, 0.15) is 54.1 Å². The van der Waals surface area contributed by atoms with Gasteiger partial charge in [-0.15, -0.1) is 5.10 Å². The minimum absolute atomic E-state index is 0.0222. The molecule has 1 aliphatic heterocycles. The largest absolute Gasteiger partial charge is 0.453 e. The Kier molecular flexibility index (Phi) is 9.18. The summed E-state index contributed by atoms with van der Waals surface area (Å²) in [5.41, 5.74) is 2.79. The van der Waals surface area contributed by atoms with Gasteiger partial charge in [-0.1, -0.05) is 35.9 Å². The zero-order valence-electron chi connectivity index (χ0n) is 24.6. The summed E-state index contributed by atoms with van der Waals surface area (Å²) in [7, 11) is 1.24.